The van der Waals surface area contributed by atoms with Crippen molar-refractivity contribution in [3.8, 4) is 5.75 Å². The highest BCUT2D eigenvalue weighted by Gasteiger charge is 2.30. The number of urea groups is 1. The lowest BCUT2D eigenvalue weighted by Crippen LogP contribution is -2.38. The van der Waals surface area contributed by atoms with Gasteiger partial charge in [-0.1, -0.05) is 11.8 Å². The Kier molecular flexibility index (Phi) is 3.93. The third kappa shape index (κ3) is 2.74. The molecule has 1 aliphatic rings. The first kappa shape index (κ1) is 14.7. The molecule has 1 atom stereocenters. The lowest BCUT2D eigenvalue weighted by atomic mass is 10.3. The number of aromatic amines is 1. The minimum absolute atomic E-state index is 0.210. The number of benzene rings is 1. The Bertz CT molecular complexity index is 730. The second-order valence-electron chi connectivity index (χ2n) is 4.91. The number of hydrogen-bond acceptors (Lipinski definition) is 5. The van der Waals surface area contributed by atoms with Gasteiger partial charge in [-0.2, -0.15) is 0 Å². The largest absolute Gasteiger partial charge is 0.497 e. The van der Waals surface area contributed by atoms with Crippen LogP contribution in [0, 0.1) is 0 Å². The third-order valence-corrected chi connectivity index (χ3v) is 4.40. The number of nitrogens with zero attached hydrogens (tertiary/aromatic N) is 2. The Labute approximate surface area is 131 Å². The quantitative estimate of drug-likeness (QED) is 0.836. The van der Waals surface area contributed by atoms with Crippen molar-refractivity contribution in [2.75, 3.05) is 20.2 Å². The maximum Gasteiger partial charge on any atom is 0.324 e. The average Bonchev–Trinajstić information content (AvgIpc) is 3.10. The van der Waals surface area contributed by atoms with Crippen LogP contribution in [0.3, 0.4) is 0 Å². The van der Waals surface area contributed by atoms with E-state index in [1.54, 1.807) is 14.0 Å². The highest BCUT2D eigenvalue weighted by atomic mass is 32.2. The zero-order valence-corrected chi connectivity index (χ0v) is 13.1. The second kappa shape index (κ2) is 5.88. The van der Waals surface area contributed by atoms with Crippen LogP contribution >= 0.6 is 11.8 Å². The summed E-state index contributed by atoms with van der Waals surface area (Å²) in [5.74, 6) is 0.531. The summed E-state index contributed by atoms with van der Waals surface area (Å²) in [6.07, 6.45) is 0. The van der Waals surface area contributed by atoms with Crippen LogP contribution in [0.5, 0.6) is 5.75 Å². The summed E-state index contributed by atoms with van der Waals surface area (Å²) in [5, 5.41) is 2.87. The highest BCUT2D eigenvalue weighted by Crippen LogP contribution is 2.26. The molecule has 0 radical (unpaired) electrons. The molecule has 2 aromatic rings. The van der Waals surface area contributed by atoms with Gasteiger partial charge in [0.05, 0.1) is 23.4 Å². The molecule has 0 spiro atoms. The Morgan fingerprint density at radius 2 is 2.32 bits per heavy atom. The predicted molar refractivity (Wildman–Crippen MR) is 83.1 cm³/mol. The van der Waals surface area contributed by atoms with Crippen molar-refractivity contribution in [1.82, 2.24) is 20.2 Å². The van der Waals surface area contributed by atoms with Gasteiger partial charge in [0.15, 0.2) is 5.16 Å². The van der Waals surface area contributed by atoms with E-state index >= 15 is 0 Å². The Morgan fingerprint density at radius 1 is 1.50 bits per heavy atom. The molecule has 116 valence electrons. The first-order valence-electron chi connectivity index (χ1n) is 6.88. The number of amides is 3. The van der Waals surface area contributed by atoms with Gasteiger partial charge in [0, 0.05) is 19.2 Å². The van der Waals surface area contributed by atoms with Gasteiger partial charge in [0.1, 0.15) is 5.75 Å². The van der Waals surface area contributed by atoms with E-state index in [0.29, 0.717) is 18.2 Å². The number of nitrogens with one attached hydrogen (secondary N) is 2. The van der Waals surface area contributed by atoms with Crippen molar-refractivity contribution in [1.29, 1.82) is 0 Å². The van der Waals surface area contributed by atoms with Gasteiger partial charge in [-0.05, 0) is 19.1 Å². The standard InChI is InChI=1S/C14H16N4O3S/c1-8(12(19)18-6-5-15-14(18)20)22-13-16-10-4-3-9(21-2)7-11(10)17-13/h3-4,7-8H,5-6H2,1-2H3,(H,15,20)(H,16,17)/t8-/m1/s1. The van der Waals surface area contributed by atoms with Crippen molar-refractivity contribution >= 4 is 34.7 Å². The van der Waals surface area contributed by atoms with Crippen molar-refractivity contribution < 1.29 is 14.3 Å². The molecule has 1 fully saturated rings. The highest BCUT2D eigenvalue weighted by molar-refractivity contribution is 8.00. The Balaban J connectivity index is 1.74. The number of methoxy groups -OCH3 is 1. The normalized spacial score (nSPS) is 15.9. The summed E-state index contributed by atoms with van der Waals surface area (Å²) in [5.41, 5.74) is 1.65. The third-order valence-electron chi connectivity index (χ3n) is 3.43. The van der Waals surface area contributed by atoms with Crippen LogP contribution in [0.15, 0.2) is 23.4 Å². The fraction of sp³-hybridized carbons (Fsp3) is 0.357. The molecule has 3 amide bonds. The van der Waals surface area contributed by atoms with Crippen LogP contribution in [0.25, 0.3) is 11.0 Å². The number of aromatic nitrogens is 2. The smallest absolute Gasteiger partial charge is 0.324 e. The van der Waals surface area contributed by atoms with E-state index in [1.807, 2.05) is 18.2 Å². The number of fused-ring (bicyclic) bond motifs is 1. The average molecular weight is 320 g/mol. The molecule has 2 heterocycles. The molecule has 7 nitrogen and oxygen atoms in total. The van der Waals surface area contributed by atoms with Gasteiger partial charge in [-0.25, -0.2) is 9.78 Å². The number of rotatable bonds is 4. The lowest BCUT2D eigenvalue weighted by molar-refractivity contribution is -0.126. The van der Waals surface area contributed by atoms with Gasteiger partial charge < -0.3 is 15.0 Å². The maximum absolute atomic E-state index is 12.3. The number of ether oxygens (including phenoxy) is 1. The topological polar surface area (TPSA) is 87.3 Å². The number of carbonyl (C=O) groups is 2. The molecule has 1 saturated heterocycles. The molecule has 0 saturated carbocycles. The zero-order chi connectivity index (χ0) is 15.7. The minimum atomic E-state index is -0.397. The summed E-state index contributed by atoms with van der Waals surface area (Å²) in [6, 6.07) is 5.22. The summed E-state index contributed by atoms with van der Waals surface area (Å²) in [6.45, 7) is 2.69. The molecule has 3 rings (SSSR count). The van der Waals surface area contributed by atoms with Crippen molar-refractivity contribution in [2.45, 2.75) is 17.3 Å². The van der Waals surface area contributed by atoms with Gasteiger partial charge in [-0.3, -0.25) is 9.69 Å². The molecule has 2 N–H and O–H groups in total. The van der Waals surface area contributed by atoms with E-state index in [-0.39, 0.29) is 11.9 Å². The fourth-order valence-corrected chi connectivity index (χ4v) is 3.15. The van der Waals surface area contributed by atoms with Crippen LogP contribution < -0.4 is 10.1 Å². The molecule has 0 aliphatic carbocycles. The van der Waals surface area contributed by atoms with Crippen LogP contribution in [0.4, 0.5) is 4.79 Å². The van der Waals surface area contributed by atoms with E-state index in [4.69, 9.17) is 4.74 Å². The Hall–Kier alpha value is -2.22. The van der Waals surface area contributed by atoms with Crippen LogP contribution in [0.1, 0.15) is 6.92 Å². The molecule has 1 aromatic heterocycles. The molecule has 1 aliphatic heterocycles. The van der Waals surface area contributed by atoms with Gasteiger partial charge >= 0.3 is 6.03 Å². The molecule has 22 heavy (non-hydrogen) atoms. The van der Waals surface area contributed by atoms with Crippen molar-refractivity contribution in [3.63, 3.8) is 0 Å². The number of imide groups is 1. The minimum Gasteiger partial charge on any atom is -0.497 e. The Morgan fingerprint density at radius 3 is 3.00 bits per heavy atom. The molecular formula is C14H16N4O3S. The lowest BCUT2D eigenvalue weighted by Gasteiger charge is -2.16. The summed E-state index contributed by atoms with van der Waals surface area (Å²) in [7, 11) is 1.61. The molecule has 1 aromatic carbocycles. The number of carbonyl (C=O) groups excluding carboxylic acids is 2. The number of hydrogen-bond donors (Lipinski definition) is 2. The number of H-pyrrole nitrogens is 1. The van der Waals surface area contributed by atoms with Gasteiger partial charge in [0.25, 0.3) is 0 Å². The van der Waals surface area contributed by atoms with Crippen molar-refractivity contribution in [3.05, 3.63) is 18.2 Å². The molecular weight excluding hydrogens is 304 g/mol. The van der Waals surface area contributed by atoms with E-state index in [1.165, 1.54) is 16.7 Å². The number of thioether (sulfide) groups is 1. The predicted octanol–water partition coefficient (Wildman–Crippen LogP) is 1.60. The van der Waals surface area contributed by atoms with E-state index in [0.717, 1.165) is 16.8 Å². The summed E-state index contributed by atoms with van der Waals surface area (Å²) < 4.78 is 5.17. The summed E-state index contributed by atoms with van der Waals surface area (Å²) >= 11 is 1.30. The van der Waals surface area contributed by atoms with E-state index in [2.05, 4.69) is 15.3 Å². The first-order valence-corrected chi connectivity index (χ1v) is 7.76. The molecule has 8 heteroatoms. The van der Waals surface area contributed by atoms with Crippen LogP contribution in [0.2, 0.25) is 0 Å². The van der Waals surface area contributed by atoms with E-state index in [9.17, 15) is 9.59 Å². The second-order valence-corrected chi connectivity index (χ2v) is 6.24. The number of imidazole rings is 1. The SMILES string of the molecule is COc1ccc2nc(S[C@H](C)C(=O)N3CCNC3=O)[nH]c2c1. The van der Waals surface area contributed by atoms with Crippen molar-refractivity contribution in [2.24, 2.45) is 0 Å². The van der Waals surface area contributed by atoms with Gasteiger partial charge in [0.2, 0.25) is 5.91 Å². The van der Waals surface area contributed by atoms with Gasteiger partial charge in [-0.15, -0.1) is 0 Å². The maximum atomic E-state index is 12.3. The zero-order valence-electron chi connectivity index (χ0n) is 12.3. The van der Waals surface area contributed by atoms with E-state index < -0.39 is 5.25 Å². The fourth-order valence-electron chi connectivity index (χ4n) is 2.27. The molecule has 0 bridgehead atoms. The van der Waals surface area contributed by atoms with Crippen LogP contribution in [-0.4, -0.2) is 52.3 Å². The monoisotopic (exact) mass is 320 g/mol. The first-order chi connectivity index (χ1) is 10.6. The summed E-state index contributed by atoms with van der Waals surface area (Å²) in [4.78, 5) is 32.6. The molecule has 0 unspecified atom stereocenters. The van der Waals surface area contributed by atoms with Crippen LogP contribution in [-0.2, 0) is 4.79 Å².